The van der Waals surface area contributed by atoms with Gasteiger partial charge < -0.3 is 5.11 Å². The minimum Gasteiger partial charge on any atom is -0.507 e. The van der Waals surface area contributed by atoms with E-state index >= 15 is 0 Å². The first-order valence-corrected chi connectivity index (χ1v) is 9.51. The van der Waals surface area contributed by atoms with E-state index < -0.39 is 10.1 Å². The summed E-state index contributed by atoms with van der Waals surface area (Å²) in [5, 5.41) is 22.0. The van der Waals surface area contributed by atoms with Crippen LogP contribution in [0, 0.1) is 0 Å². The fourth-order valence-electron chi connectivity index (χ4n) is 2.98. The summed E-state index contributed by atoms with van der Waals surface area (Å²) < 4.78 is 31.3. The second kappa shape index (κ2) is 6.46. The normalized spacial score (nSPS) is 12.2. The van der Waals surface area contributed by atoms with Crippen molar-refractivity contribution in [3.05, 3.63) is 72.8 Å². The van der Waals surface area contributed by atoms with Crippen LogP contribution in [-0.4, -0.2) is 18.1 Å². The molecule has 0 spiro atoms. The highest BCUT2D eigenvalue weighted by Gasteiger charge is 2.13. The van der Waals surface area contributed by atoms with E-state index in [1.807, 2.05) is 48.5 Å². The van der Waals surface area contributed by atoms with E-state index in [0.717, 1.165) is 10.8 Å². The van der Waals surface area contributed by atoms with Crippen LogP contribution >= 0.6 is 0 Å². The molecule has 0 aromatic heterocycles. The van der Waals surface area contributed by atoms with Gasteiger partial charge in [0.05, 0.1) is 10.6 Å². The average molecular weight is 378 g/mol. The molecule has 4 rings (SSSR count). The zero-order chi connectivity index (χ0) is 19.0. The van der Waals surface area contributed by atoms with Crippen LogP contribution in [0.3, 0.4) is 0 Å². The van der Waals surface area contributed by atoms with Gasteiger partial charge in [0.15, 0.2) is 0 Å². The van der Waals surface area contributed by atoms with Crippen molar-refractivity contribution in [1.29, 1.82) is 0 Å². The fourth-order valence-corrected chi connectivity index (χ4v) is 3.46. The topological polar surface area (TPSA) is 99.3 Å². The van der Waals surface area contributed by atoms with Crippen LogP contribution in [0.4, 0.5) is 11.4 Å². The van der Waals surface area contributed by atoms with Crippen molar-refractivity contribution in [2.45, 2.75) is 4.90 Å². The molecule has 27 heavy (non-hydrogen) atoms. The molecule has 0 radical (unpaired) electrons. The van der Waals surface area contributed by atoms with E-state index in [2.05, 4.69) is 10.2 Å². The molecule has 0 amide bonds. The molecular weight excluding hydrogens is 364 g/mol. The van der Waals surface area contributed by atoms with Crippen LogP contribution in [0.25, 0.3) is 21.5 Å². The second-order valence-corrected chi connectivity index (χ2v) is 7.38. The molecule has 0 unspecified atom stereocenters. The average Bonchev–Trinajstić information content (AvgIpc) is 2.68. The SMILES string of the molecule is O=S(=O)(O)c1ccc(N=Nc2c3ccccc3c(O)c3ccccc23)cc1. The lowest BCUT2D eigenvalue weighted by Crippen LogP contribution is -1.96. The van der Waals surface area contributed by atoms with Gasteiger partial charge >= 0.3 is 0 Å². The zero-order valence-electron chi connectivity index (χ0n) is 13.9. The van der Waals surface area contributed by atoms with Crippen LogP contribution in [0.5, 0.6) is 5.75 Å². The lowest BCUT2D eigenvalue weighted by atomic mass is 10.00. The largest absolute Gasteiger partial charge is 0.507 e. The number of fused-ring (bicyclic) bond motifs is 2. The molecule has 0 aliphatic carbocycles. The Bertz CT molecular complexity index is 1240. The third-order valence-corrected chi connectivity index (χ3v) is 5.14. The van der Waals surface area contributed by atoms with Gasteiger partial charge in [-0.1, -0.05) is 48.5 Å². The summed E-state index contributed by atoms with van der Waals surface area (Å²) in [5.41, 5.74) is 1.04. The third kappa shape index (κ3) is 3.14. The molecule has 4 aromatic carbocycles. The quantitative estimate of drug-likeness (QED) is 0.285. The molecule has 0 fully saturated rings. The number of azo groups is 1. The molecule has 7 heteroatoms. The fraction of sp³-hybridized carbons (Fsp3) is 0. The number of rotatable bonds is 3. The van der Waals surface area contributed by atoms with E-state index in [1.165, 1.54) is 24.3 Å². The van der Waals surface area contributed by atoms with Gasteiger partial charge in [0.2, 0.25) is 0 Å². The Hall–Kier alpha value is -3.29. The number of phenolic OH excluding ortho intramolecular Hbond substituents is 1. The van der Waals surface area contributed by atoms with Gasteiger partial charge in [-0.05, 0) is 24.3 Å². The highest BCUT2D eigenvalue weighted by atomic mass is 32.2. The van der Waals surface area contributed by atoms with Crippen LogP contribution in [0.15, 0.2) is 87.9 Å². The molecule has 6 nitrogen and oxygen atoms in total. The van der Waals surface area contributed by atoms with Gasteiger partial charge in [-0.3, -0.25) is 4.55 Å². The molecule has 0 bridgehead atoms. The maximum absolute atomic E-state index is 11.1. The number of benzene rings is 4. The zero-order valence-corrected chi connectivity index (χ0v) is 14.8. The van der Waals surface area contributed by atoms with Gasteiger partial charge in [-0.2, -0.15) is 13.5 Å². The summed E-state index contributed by atoms with van der Waals surface area (Å²) in [4.78, 5) is -0.206. The van der Waals surface area contributed by atoms with Gasteiger partial charge in [0.25, 0.3) is 10.1 Å². The van der Waals surface area contributed by atoms with Crippen molar-refractivity contribution in [2.75, 3.05) is 0 Å². The Labute approximate surface area is 155 Å². The highest BCUT2D eigenvalue weighted by Crippen LogP contribution is 2.42. The lowest BCUT2D eigenvalue weighted by molar-refractivity contribution is 0.483. The van der Waals surface area contributed by atoms with Crippen molar-refractivity contribution < 1.29 is 18.1 Å². The van der Waals surface area contributed by atoms with Crippen LogP contribution in [-0.2, 0) is 10.1 Å². The van der Waals surface area contributed by atoms with E-state index in [9.17, 15) is 13.5 Å². The molecule has 0 heterocycles. The van der Waals surface area contributed by atoms with E-state index in [0.29, 0.717) is 22.1 Å². The molecule has 134 valence electrons. The second-order valence-electron chi connectivity index (χ2n) is 5.96. The summed E-state index contributed by atoms with van der Waals surface area (Å²) >= 11 is 0. The van der Waals surface area contributed by atoms with Gasteiger partial charge in [-0.25, -0.2) is 0 Å². The predicted molar refractivity (Wildman–Crippen MR) is 104 cm³/mol. The lowest BCUT2D eigenvalue weighted by Gasteiger charge is -2.09. The first-order valence-electron chi connectivity index (χ1n) is 8.07. The Morgan fingerprint density at radius 3 is 1.63 bits per heavy atom. The highest BCUT2D eigenvalue weighted by molar-refractivity contribution is 7.85. The molecule has 0 saturated heterocycles. The minimum absolute atomic E-state index is 0.192. The Morgan fingerprint density at radius 2 is 1.15 bits per heavy atom. The van der Waals surface area contributed by atoms with Crippen molar-refractivity contribution in [3.63, 3.8) is 0 Å². The standard InChI is InChI=1S/C20H14N2O4S/c23-20-17-7-3-1-5-15(17)19(16-6-2-4-8-18(16)20)22-21-13-9-11-14(12-10-13)27(24,25)26/h1-12,23H,(H,24,25,26). The smallest absolute Gasteiger partial charge is 0.294 e. The van der Waals surface area contributed by atoms with E-state index in [4.69, 9.17) is 4.55 Å². The summed E-state index contributed by atoms with van der Waals surface area (Å²) in [6, 6.07) is 20.2. The maximum atomic E-state index is 11.1. The molecule has 4 aromatic rings. The van der Waals surface area contributed by atoms with Gasteiger partial charge in [-0.15, -0.1) is 5.11 Å². The number of nitrogens with zero attached hydrogens (tertiary/aromatic N) is 2. The van der Waals surface area contributed by atoms with Crippen molar-refractivity contribution in [1.82, 2.24) is 0 Å². The number of aromatic hydroxyl groups is 1. The summed E-state index contributed by atoms with van der Waals surface area (Å²) in [7, 11) is -4.25. The van der Waals surface area contributed by atoms with Crippen molar-refractivity contribution in [3.8, 4) is 5.75 Å². The molecule has 2 N–H and O–H groups in total. The Kier molecular flexibility index (Phi) is 4.10. The summed E-state index contributed by atoms with van der Waals surface area (Å²) in [6.45, 7) is 0. The minimum atomic E-state index is -4.25. The molecule has 0 aliphatic rings. The number of hydrogen-bond acceptors (Lipinski definition) is 5. The van der Waals surface area contributed by atoms with Crippen LogP contribution in [0.2, 0.25) is 0 Å². The monoisotopic (exact) mass is 378 g/mol. The van der Waals surface area contributed by atoms with Crippen molar-refractivity contribution in [2.24, 2.45) is 10.2 Å². The van der Waals surface area contributed by atoms with Crippen LogP contribution in [0.1, 0.15) is 0 Å². The summed E-state index contributed by atoms with van der Waals surface area (Å²) in [5.74, 6) is 0.192. The van der Waals surface area contributed by atoms with Gasteiger partial charge in [0.1, 0.15) is 11.4 Å². The summed E-state index contributed by atoms with van der Waals surface area (Å²) in [6.07, 6.45) is 0. The number of phenols is 1. The third-order valence-electron chi connectivity index (χ3n) is 4.27. The van der Waals surface area contributed by atoms with Gasteiger partial charge in [0, 0.05) is 21.5 Å². The molecule has 0 atom stereocenters. The van der Waals surface area contributed by atoms with Crippen molar-refractivity contribution >= 4 is 43.0 Å². The maximum Gasteiger partial charge on any atom is 0.294 e. The predicted octanol–water partition coefficient (Wildman–Crippen LogP) is 5.36. The first-order chi connectivity index (χ1) is 12.9. The van der Waals surface area contributed by atoms with Crippen LogP contribution < -0.4 is 0 Å². The molecular formula is C20H14N2O4S. The molecule has 0 aliphatic heterocycles. The number of hydrogen-bond donors (Lipinski definition) is 2. The van der Waals surface area contributed by atoms with E-state index in [-0.39, 0.29) is 10.6 Å². The molecule has 0 saturated carbocycles. The van der Waals surface area contributed by atoms with E-state index in [1.54, 1.807) is 0 Å². The Balaban J connectivity index is 1.88. The Morgan fingerprint density at radius 1 is 0.667 bits per heavy atom. The first kappa shape index (κ1) is 17.1.